The Kier molecular flexibility index (Phi) is 4.96. The van der Waals surface area contributed by atoms with Crippen molar-refractivity contribution in [1.29, 1.82) is 0 Å². The second kappa shape index (κ2) is 6.50. The molecule has 1 aliphatic heterocycles. The van der Waals surface area contributed by atoms with Gasteiger partial charge in [0.2, 0.25) is 0 Å². The average molecular weight is 302 g/mol. The quantitative estimate of drug-likeness (QED) is 0.926. The third-order valence-electron chi connectivity index (χ3n) is 3.15. The molecular weight excluding hydrogens is 286 g/mol. The number of nitrogens with zero attached hydrogens (tertiary/aromatic N) is 1. The highest BCUT2D eigenvalue weighted by molar-refractivity contribution is 7.99. The lowest BCUT2D eigenvalue weighted by atomic mass is 10.0. The van der Waals surface area contributed by atoms with E-state index in [4.69, 9.17) is 16.3 Å². The Labute approximate surface area is 121 Å². The molecule has 0 unspecified atom stereocenters. The van der Waals surface area contributed by atoms with Crippen molar-refractivity contribution in [3.05, 3.63) is 28.8 Å². The third kappa shape index (κ3) is 3.16. The minimum atomic E-state index is -0.890. The number of benzene rings is 1. The van der Waals surface area contributed by atoms with Crippen LogP contribution in [-0.4, -0.2) is 47.7 Å². The molecule has 1 aromatic carbocycles. The molecule has 6 heteroatoms. The van der Waals surface area contributed by atoms with Crippen LogP contribution in [-0.2, 0) is 4.79 Å². The van der Waals surface area contributed by atoms with Crippen LogP contribution in [0.25, 0.3) is 0 Å². The molecule has 1 N–H and O–H groups in total. The number of carbonyl (C=O) groups is 1. The number of ether oxygens (including phenoxy) is 1. The van der Waals surface area contributed by atoms with Crippen molar-refractivity contribution < 1.29 is 14.6 Å². The van der Waals surface area contributed by atoms with Crippen LogP contribution >= 0.6 is 23.4 Å². The second-order valence-corrected chi connectivity index (χ2v) is 5.88. The van der Waals surface area contributed by atoms with E-state index in [1.165, 1.54) is 7.11 Å². The van der Waals surface area contributed by atoms with E-state index in [9.17, 15) is 9.90 Å². The molecule has 0 aromatic heterocycles. The molecule has 0 bridgehead atoms. The van der Waals surface area contributed by atoms with Crippen molar-refractivity contribution in [2.45, 2.75) is 6.04 Å². The number of carboxylic acid groups (broad SMARTS) is 1. The Morgan fingerprint density at radius 2 is 2.16 bits per heavy atom. The van der Waals surface area contributed by atoms with E-state index in [-0.39, 0.29) is 0 Å². The highest BCUT2D eigenvalue weighted by Crippen LogP contribution is 2.36. The van der Waals surface area contributed by atoms with E-state index in [2.05, 4.69) is 0 Å². The number of thioether (sulfide) groups is 1. The first-order chi connectivity index (χ1) is 9.15. The lowest BCUT2D eigenvalue weighted by Crippen LogP contribution is -2.40. The normalized spacial score (nSPS) is 18.0. The minimum absolute atomic E-state index is 0.435. The molecule has 0 radical (unpaired) electrons. The summed E-state index contributed by atoms with van der Waals surface area (Å²) in [6.07, 6.45) is 0. The molecule has 0 aliphatic carbocycles. The summed E-state index contributed by atoms with van der Waals surface area (Å²) in [4.78, 5) is 13.6. The van der Waals surface area contributed by atoms with Crippen molar-refractivity contribution in [2.24, 2.45) is 0 Å². The van der Waals surface area contributed by atoms with Crippen LogP contribution < -0.4 is 4.74 Å². The SMILES string of the molecule is COc1cccc(Cl)c1[C@H](C(=O)O)N1CCSCC1. The maximum Gasteiger partial charge on any atom is 0.325 e. The zero-order chi connectivity index (χ0) is 13.8. The molecule has 0 amide bonds. The molecule has 1 saturated heterocycles. The monoisotopic (exact) mass is 301 g/mol. The van der Waals surface area contributed by atoms with Gasteiger partial charge in [-0.1, -0.05) is 17.7 Å². The number of halogens is 1. The summed E-state index contributed by atoms with van der Waals surface area (Å²) in [6.45, 7) is 1.49. The molecule has 1 heterocycles. The maximum absolute atomic E-state index is 11.7. The van der Waals surface area contributed by atoms with Crippen molar-refractivity contribution >= 4 is 29.3 Å². The molecule has 2 rings (SSSR count). The van der Waals surface area contributed by atoms with Gasteiger partial charge in [0.15, 0.2) is 0 Å². The summed E-state index contributed by atoms with van der Waals surface area (Å²) in [5.41, 5.74) is 0.547. The third-order valence-corrected chi connectivity index (χ3v) is 4.42. The first kappa shape index (κ1) is 14.5. The highest BCUT2D eigenvalue weighted by atomic mass is 35.5. The molecule has 1 aromatic rings. The van der Waals surface area contributed by atoms with E-state index in [1.807, 2.05) is 16.7 Å². The Hall–Kier alpha value is -0.910. The maximum atomic E-state index is 11.7. The van der Waals surface area contributed by atoms with Crippen LogP contribution in [0.2, 0.25) is 5.02 Å². The molecule has 1 aliphatic rings. The fraction of sp³-hybridized carbons (Fsp3) is 0.462. The molecule has 1 fully saturated rings. The fourth-order valence-corrected chi connectivity index (χ4v) is 3.46. The molecule has 4 nitrogen and oxygen atoms in total. The average Bonchev–Trinajstić information content (AvgIpc) is 2.41. The summed E-state index contributed by atoms with van der Waals surface area (Å²) in [6, 6.07) is 4.46. The lowest BCUT2D eigenvalue weighted by molar-refractivity contribution is -0.143. The Morgan fingerprint density at radius 1 is 1.47 bits per heavy atom. The van der Waals surface area contributed by atoms with Crippen LogP contribution in [0.15, 0.2) is 18.2 Å². The van der Waals surface area contributed by atoms with E-state index in [0.29, 0.717) is 16.3 Å². The highest BCUT2D eigenvalue weighted by Gasteiger charge is 2.32. The number of carboxylic acids is 1. The number of methoxy groups -OCH3 is 1. The number of hydrogen-bond acceptors (Lipinski definition) is 4. The lowest BCUT2D eigenvalue weighted by Gasteiger charge is -2.32. The Bertz CT molecular complexity index is 463. The van der Waals surface area contributed by atoms with Crippen LogP contribution in [0, 0.1) is 0 Å². The molecule has 1 atom stereocenters. The smallest absolute Gasteiger partial charge is 0.325 e. The first-order valence-corrected chi connectivity index (χ1v) is 7.55. The summed E-state index contributed by atoms with van der Waals surface area (Å²) in [5, 5.41) is 10.00. The van der Waals surface area contributed by atoms with Gasteiger partial charge >= 0.3 is 5.97 Å². The number of rotatable bonds is 4. The predicted molar refractivity (Wildman–Crippen MR) is 77.3 cm³/mol. The summed E-state index contributed by atoms with van der Waals surface area (Å²) in [7, 11) is 1.53. The van der Waals surface area contributed by atoms with Crippen LogP contribution in [0.3, 0.4) is 0 Å². The topological polar surface area (TPSA) is 49.8 Å². The fourth-order valence-electron chi connectivity index (χ4n) is 2.26. The summed E-state index contributed by atoms with van der Waals surface area (Å²) >= 11 is 8.03. The van der Waals surface area contributed by atoms with E-state index in [0.717, 1.165) is 24.6 Å². The van der Waals surface area contributed by atoms with Gasteiger partial charge < -0.3 is 9.84 Å². The van der Waals surface area contributed by atoms with Crippen molar-refractivity contribution in [3.8, 4) is 5.75 Å². The molecule has 0 saturated carbocycles. The van der Waals surface area contributed by atoms with Gasteiger partial charge in [0.1, 0.15) is 11.8 Å². The molecule has 104 valence electrons. The van der Waals surface area contributed by atoms with Crippen LogP contribution in [0.5, 0.6) is 5.75 Å². The minimum Gasteiger partial charge on any atom is -0.496 e. The van der Waals surface area contributed by atoms with Gasteiger partial charge in [-0.2, -0.15) is 11.8 Å². The van der Waals surface area contributed by atoms with Crippen molar-refractivity contribution in [1.82, 2.24) is 4.90 Å². The summed E-state index contributed by atoms with van der Waals surface area (Å²) in [5.74, 6) is 1.52. The molecular formula is C13H16ClNO3S. The number of hydrogen-bond donors (Lipinski definition) is 1. The Balaban J connectivity index is 2.41. The zero-order valence-corrected chi connectivity index (χ0v) is 12.2. The second-order valence-electron chi connectivity index (χ2n) is 4.24. The van der Waals surface area contributed by atoms with Gasteiger partial charge in [0.25, 0.3) is 0 Å². The number of aliphatic carboxylic acids is 1. The van der Waals surface area contributed by atoms with E-state index in [1.54, 1.807) is 18.2 Å². The van der Waals surface area contributed by atoms with Gasteiger partial charge in [-0.05, 0) is 12.1 Å². The largest absolute Gasteiger partial charge is 0.496 e. The molecule has 0 spiro atoms. The standard InChI is InChI=1S/C13H16ClNO3S/c1-18-10-4-2-3-9(14)11(10)12(13(16)17)15-5-7-19-8-6-15/h2-4,12H,5-8H2,1H3,(H,16,17)/t12-/m1/s1. The van der Waals surface area contributed by atoms with Gasteiger partial charge in [0, 0.05) is 35.2 Å². The van der Waals surface area contributed by atoms with Gasteiger partial charge in [-0.25, -0.2) is 0 Å². The van der Waals surface area contributed by atoms with Crippen molar-refractivity contribution in [2.75, 3.05) is 31.7 Å². The van der Waals surface area contributed by atoms with Crippen LogP contribution in [0.4, 0.5) is 0 Å². The first-order valence-electron chi connectivity index (χ1n) is 6.02. The van der Waals surface area contributed by atoms with Crippen LogP contribution in [0.1, 0.15) is 11.6 Å². The van der Waals surface area contributed by atoms with Gasteiger partial charge in [0.05, 0.1) is 7.11 Å². The van der Waals surface area contributed by atoms with Gasteiger partial charge in [-0.15, -0.1) is 0 Å². The summed E-state index contributed by atoms with van der Waals surface area (Å²) < 4.78 is 5.27. The van der Waals surface area contributed by atoms with Gasteiger partial charge in [-0.3, -0.25) is 9.69 Å². The van der Waals surface area contributed by atoms with Crippen molar-refractivity contribution in [3.63, 3.8) is 0 Å². The molecule has 19 heavy (non-hydrogen) atoms. The van der Waals surface area contributed by atoms with E-state index < -0.39 is 12.0 Å². The van der Waals surface area contributed by atoms with E-state index >= 15 is 0 Å². The zero-order valence-electron chi connectivity index (χ0n) is 10.6. The predicted octanol–water partition coefficient (Wildman–Crippen LogP) is 2.52. The Morgan fingerprint density at radius 3 is 2.74 bits per heavy atom.